The van der Waals surface area contributed by atoms with Crippen molar-refractivity contribution in [2.75, 3.05) is 0 Å². The highest BCUT2D eigenvalue weighted by Gasteiger charge is 2.19. The van der Waals surface area contributed by atoms with E-state index in [1.54, 1.807) is 0 Å². The maximum atomic E-state index is 9.25. The summed E-state index contributed by atoms with van der Waals surface area (Å²) in [6, 6.07) is 0. The van der Waals surface area contributed by atoms with Crippen LogP contribution in [0.2, 0.25) is 20.1 Å². The Morgan fingerprint density at radius 3 is 1.62 bits per heavy atom. The molecule has 0 heterocycles. The van der Waals surface area contributed by atoms with Gasteiger partial charge in [-0.05, 0) is 0 Å². The van der Waals surface area contributed by atoms with Gasteiger partial charge in [0.25, 0.3) is 0 Å². The minimum Gasteiger partial charge on any atom is -0.505 e. The van der Waals surface area contributed by atoms with E-state index in [2.05, 4.69) is 5.11 Å². The minimum absolute atomic E-state index is 0.0591. The maximum absolute atomic E-state index is 9.25. The lowest BCUT2D eigenvalue weighted by atomic mass is 10.3. The predicted molar refractivity (Wildman–Crippen MR) is 53.0 cm³/mol. The normalized spacial score (nSPS) is 10.2. The summed E-state index contributed by atoms with van der Waals surface area (Å²) in [7, 11) is 0. The Kier molecular flexibility index (Phi) is 3.24. The molecule has 1 rings (SSSR count). The zero-order valence-corrected chi connectivity index (χ0v) is 8.93. The third-order valence-corrected chi connectivity index (χ3v) is 2.99. The van der Waals surface area contributed by atoms with Crippen molar-refractivity contribution < 1.29 is 5.11 Å². The van der Waals surface area contributed by atoms with Gasteiger partial charge in [-0.1, -0.05) is 46.4 Å². The van der Waals surface area contributed by atoms with Crippen LogP contribution in [-0.2, 0) is 0 Å². The number of nitrogens with zero attached hydrogens (tertiary/aromatic N) is 1. The Hall–Kier alpha value is -0.220. The zero-order chi connectivity index (χ0) is 10.2. The molecular formula is C6H2Cl4N2O. The third kappa shape index (κ3) is 1.70. The summed E-state index contributed by atoms with van der Waals surface area (Å²) in [4.78, 5) is 0. The smallest absolute Gasteiger partial charge is 0.156 e. The van der Waals surface area contributed by atoms with Crippen molar-refractivity contribution >= 4 is 52.1 Å². The number of phenolic OH excluding ortho intramolecular Hbond substituents is 1. The van der Waals surface area contributed by atoms with E-state index in [0.29, 0.717) is 0 Å². The minimum atomic E-state index is -0.411. The second kappa shape index (κ2) is 3.88. The monoisotopic (exact) mass is 258 g/mol. The first-order valence-corrected chi connectivity index (χ1v) is 4.44. The molecule has 70 valence electrons. The molecule has 0 spiro atoms. The van der Waals surface area contributed by atoms with Crippen LogP contribution in [0.3, 0.4) is 0 Å². The molecule has 0 saturated carbocycles. The number of hydrogen-bond acceptors (Lipinski definition) is 3. The molecule has 0 aliphatic rings. The van der Waals surface area contributed by atoms with E-state index in [-0.39, 0.29) is 25.8 Å². The van der Waals surface area contributed by atoms with E-state index in [4.69, 9.17) is 51.9 Å². The Morgan fingerprint density at radius 1 is 0.923 bits per heavy atom. The molecule has 0 fully saturated rings. The Morgan fingerprint density at radius 2 is 1.31 bits per heavy atom. The number of nitrogens with one attached hydrogen (secondary N) is 1. The van der Waals surface area contributed by atoms with Crippen LogP contribution in [0, 0.1) is 5.53 Å². The third-order valence-electron chi connectivity index (χ3n) is 1.33. The molecule has 2 N–H and O–H groups in total. The zero-order valence-electron chi connectivity index (χ0n) is 5.91. The van der Waals surface area contributed by atoms with Crippen LogP contribution in [-0.4, -0.2) is 5.11 Å². The molecular weight excluding hydrogens is 258 g/mol. The van der Waals surface area contributed by atoms with Gasteiger partial charge < -0.3 is 5.11 Å². The standard InChI is InChI=1S/C6H2Cl4N2O/c7-1-3(9)6(13)4(10)2(8)5(1)12-11/h11,13H. The number of rotatable bonds is 1. The van der Waals surface area contributed by atoms with Crippen molar-refractivity contribution in [3.63, 3.8) is 0 Å². The summed E-state index contributed by atoms with van der Waals surface area (Å²) in [5, 5.41) is 11.8. The van der Waals surface area contributed by atoms with Crippen molar-refractivity contribution in [3.05, 3.63) is 20.1 Å². The van der Waals surface area contributed by atoms with Crippen LogP contribution in [0.15, 0.2) is 5.11 Å². The maximum Gasteiger partial charge on any atom is 0.156 e. The summed E-state index contributed by atoms with van der Waals surface area (Å²) < 4.78 is 0. The molecule has 0 saturated heterocycles. The van der Waals surface area contributed by atoms with Crippen LogP contribution >= 0.6 is 46.4 Å². The lowest BCUT2D eigenvalue weighted by molar-refractivity contribution is 0.476. The van der Waals surface area contributed by atoms with Gasteiger partial charge >= 0.3 is 0 Å². The van der Waals surface area contributed by atoms with Crippen LogP contribution in [0.4, 0.5) is 5.69 Å². The van der Waals surface area contributed by atoms with Crippen LogP contribution in [0.5, 0.6) is 5.75 Å². The quantitative estimate of drug-likeness (QED) is 0.559. The topological polar surface area (TPSA) is 56.4 Å². The molecule has 0 amide bonds. The number of benzene rings is 1. The highest BCUT2D eigenvalue weighted by molar-refractivity contribution is 6.51. The number of aromatic hydroxyl groups is 1. The Bertz CT molecular complexity index is 350. The summed E-state index contributed by atoms with van der Waals surface area (Å²) in [6.07, 6.45) is 0. The largest absolute Gasteiger partial charge is 0.505 e. The number of halogens is 4. The van der Waals surface area contributed by atoms with Gasteiger partial charge in [0, 0.05) is 0 Å². The first-order chi connectivity index (χ1) is 6.00. The number of phenols is 1. The molecule has 0 unspecified atom stereocenters. The van der Waals surface area contributed by atoms with Gasteiger partial charge in [-0.3, -0.25) is 0 Å². The second-order valence-corrected chi connectivity index (χ2v) is 3.58. The fourth-order valence-corrected chi connectivity index (χ4v) is 1.62. The highest BCUT2D eigenvalue weighted by Crippen LogP contribution is 2.49. The molecule has 0 radical (unpaired) electrons. The lowest BCUT2D eigenvalue weighted by Gasteiger charge is -2.06. The van der Waals surface area contributed by atoms with Gasteiger partial charge in [0.2, 0.25) is 0 Å². The van der Waals surface area contributed by atoms with Crippen LogP contribution in [0.1, 0.15) is 0 Å². The molecule has 0 aliphatic heterocycles. The lowest BCUT2D eigenvalue weighted by Crippen LogP contribution is -1.78. The first-order valence-electron chi connectivity index (χ1n) is 2.93. The van der Waals surface area contributed by atoms with Gasteiger partial charge in [-0.25, -0.2) is 5.53 Å². The van der Waals surface area contributed by atoms with Crippen molar-refractivity contribution in [2.45, 2.75) is 0 Å². The Balaban J connectivity index is 3.66. The van der Waals surface area contributed by atoms with E-state index < -0.39 is 5.75 Å². The van der Waals surface area contributed by atoms with E-state index >= 15 is 0 Å². The van der Waals surface area contributed by atoms with Gasteiger partial charge in [-0.15, -0.1) is 0 Å². The molecule has 1 aromatic rings. The predicted octanol–water partition coefficient (Wildman–Crippen LogP) is 4.67. The first kappa shape index (κ1) is 10.9. The van der Waals surface area contributed by atoms with E-state index in [1.807, 2.05) is 0 Å². The average molecular weight is 260 g/mol. The fraction of sp³-hybridized carbons (Fsp3) is 0. The highest BCUT2D eigenvalue weighted by atomic mass is 35.5. The fourth-order valence-electron chi connectivity index (χ4n) is 0.707. The average Bonchev–Trinajstić information content (AvgIpc) is 2.13. The molecule has 0 bridgehead atoms. The summed E-state index contributed by atoms with van der Waals surface area (Å²) in [6.45, 7) is 0. The van der Waals surface area contributed by atoms with E-state index in [9.17, 15) is 5.11 Å². The van der Waals surface area contributed by atoms with E-state index in [0.717, 1.165) is 0 Å². The second-order valence-electron chi connectivity index (χ2n) is 2.06. The summed E-state index contributed by atoms with van der Waals surface area (Å²) in [5.41, 5.74) is 6.69. The number of hydrogen-bond donors (Lipinski definition) is 2. The molecule has 1 aromatic carbocycles. The van der Waals surface area contributed by atoms with Crippen molar-refractivity contribution in [1.29, 1.82) is 5.53 Å². The van der Waals surface area contributed by atoms with Crippen LogP contribution in [0.25, 0.3) is 0 Å². The molecule has 7 heteroatoms. The van der Waals surface area contributed by atoms with Gasteiger partial charge in [0.05, 0.1) is 10.0 Å². The SMILES string of the molecule is N=Nc1c(Cl)c(Cl)c(O)c(Cl)c1Cl. The summed E-state index contributed by atoms with van der Waals surface area (Å²) >= 11 is 22.4. The van der Waals surface area contributed by atoms with Crippen molar-refractivity contribution in [3.8, 4) is 5.75 Å². The summed E-state index contributed by atoms with van der Waals surface area (Å²) in [5.74, 6) is -0.411. The van der Waals surface area contributed by atoms with Crippen LogP contribution < -0.4 is 0 Å². The van der Waals surface area contributed by atoms with Crippen molar-refractivity contribution in [1.82, 2.24) is 0 Å². The molecule has 0 aliphatic carbocycles. The molecule has 3 nitrogen and oxygen atoms in total. The Labute approximate surface area is 93.7 Å². The van der Waals surface area contributed by atoms with E-state index in [1.165, 1.54) is 0 Å². The van der Waals surface area contributed by atoms with Gasteiger partial charge in [0.1, 0.15) is 15.7 Å². The van der Waals surface area contributed by atoms with Gasteiger partial charge in [0.15, 0.2) is 5.75 Å². The molecule has 13 heavy (non-hydrogen) atoms. The molecule has 0 atom stereocenters. The van der Waals surface area contributed by atoms with Crippen molar-refractivity contribution in [2.24, 2.45) is 5.11 Å². The molecule has 0 aromatic heterocycles. The van der Waals surface area contributed by atoms with Gasteiger partial charge in [-0.2, -0.15) is 5.11 Å².